The molecule has 0 spiro atoms. The molecular formula is C21H23N3O3S. The summed E-state index contributed by atoms with van der Waals surface area (Å²) in [5.41, 5.74) is 4.13. The molecule has 0 aliphatic heterocycles. The first-order valence-corrected chi connectivity index (χ1v) is 10.4. The van der Waals surface area contributed by atoms with Crippen LogP contribution in [0.25, 0.3) is 0 Å². The van der Waals surface area contributed by atoms with Crippen molar-refractivity contribution in [3.05, 3.63) is 58.7 Å². The molecule has 146 valence electrons. The number of aryl methyl sites for hydroxylation is 2. The fraction of sp³-hybridized carbons (Fsp3) is 0.381. The SMILES string of the molecule is Cc1cccc(OCc2nnc(SCC(=O)c3cc(C)n(C4CC4)c3C)o2)c1. The molecule has 0 saturated heterocycles. The van der Waals surface area contributed by atoms with Crippen LogP contribution in [0.3, 0.4) is 0 Å². The van der Waals surface area contributed by atoms with E-state index in [0.29, 0.717) is 17.2 Å². The van der Waals surface area contributed by atoms with Gasteiger partial charge in [-0.25, -0.2) is 0 Å². The Morgan fingerprint density at radius 2 is 2.07 bits per heavy atom. The number of hydrogen-bond donors (Lipinski definition) is 0. The Bertz CT molecular complexity index is 1000. The fourth-order valence-electron chi connectivity index (χ4n) is 3.36. The Kier molecular flexibility index (Phi) is 5.26. The number of rotatable bonds is 8. The maximum absolute atomic E-state index is 12.6. The highest BCUT2D eigenvalue weighted by Gasteiger charge is 2.28. The van der Waals surface area contributed by atoms with Crippen LogP contribution >= 0.6 is 11.8 Å². The Morgan fingerprint density at radius 1 is 1.25 bits per heavy atom. The highest BCUT2D eigenvalue weighted by molar-refractivity contribution is 7.99. The van der Waals surface area contributed by atoms with Gasteiger partial charge in [0.05, 0.1) is 5.75 Å². The molecule has 1 aliphatic carbocycles. The lowest BCUT2D eigenvalue weighted by Crippen LogP contribution is -2.05. The quantitative estimate of drug-likeness (QED) is 0.406. The van der Waals surface area contributed by atoms with Gasteiger partial charge in [0.2, 0.25) is 0 Å². The van der Waals surface area contributed by atoms with Gasteiger partial charge in [-0.1, -0.05) is 23.9 Å². The molecule has 2 heterocycles. The minimum Gasteiger partial charge on any atom is -0.484 e. The van der Waals surface area contributed by atoms with Crippen molar-refractivity contribution >= 4 is 17.5 Å². The van der Waals surface area contributed by atoms with Gasteiger partial charge in [0.15, 0.2) is 12.4 Å². The van der Waals surface area contributed by atoms with Crippen molar-refractivity contribution in [1.29, 1.82) is 0 Å². The summed E-state index contributed by atoms with van der Waals surface area (Å²) >= 11 is 1.26. The molecule has 28 heavy (non-hydrogen) atoms. The number of hydrogen-bond acceptors (Lipinski definition) is 6. The van der Waals surface area contributed by atoms with Crippen LogP contribution < -0.4 is 4.74 Å². The molecule has 0 unspecified atom stereocenters. The summed E-state index contributed by atoms with van der Waals surface area (Å²) in [5.74, 6) is 1.51. The zero-order valence-electron chi connectivity index (χ0n) is 16.3. The monoisotopic (exact) mass is 397 g/mol. The van der Waals surface area contributed by atoms with Crippen molar-refractivity contribution in [2.45, 2.75) is 51.5 Å². The summed E-state index contributed by atoms with van der Waals surface area (Å²) in [6, 6.07) is 10.3. The van der Waals surface area contributed by atoms with E-state index in [-0.39, 0.29) is 18.1 Å². The van der Waals surface area contributed by atoms with Gasteiger partial charge in [0.1, 0.15) is 5.75 Å². The lowest BCUT2D eigenvalue weighted by atomic mass is 10.2. The first-order valence-electron chi connectivity index (χ1n) is 9.37. The van der Waals surface area contributed by atoms with E-state index < -0.39 is 0 Å². The lowest BCUT2D eigenvalue weighted by molar-refractivity contribution is 0.102. The molecule has 1 aromatic carbocycles. The zero-order chi connectivity index (χ0) is 19.7. The van der Waals surface area contributed by atoms with E-state index in [1.54, 1.807) is 0 Å². The molecule has 0 N–H and O–H groups in total. The summed E-state index contributed by atoms with van der Waals surface area (Å²) in [4.78, 5) is 12.6. The maximum atomic E-state index is 12.6. The van der Waals surface area contributed by atoms with Gasteiger partial charge >= 0.3 is 0 Å². The lowest BCUT2D eigenvalue weighted by Gasteiger charge is -2.07. The standard InChI is InChI=1S/C21H23N3O3S/c1-13-5-4-6-17(9-13)26-11-20-22-23-21(27-20)28-12-19(25)18-10-14(2)24(15(18)3)16-7-8-16/h4-6,9-10,16H,7-8,11-12H2,1-3H3. The van der Waals surface area contributed by atoms with Gasteiger partial charge in [0, 0.05) is 23.0 Å². The van der Waals surface area contributed by atoms with Gasteiger partial charge in [-0.05, 0) is 57.4 Å². The Labute approximate surface area is 168 Å². The van der Waals surface area contributed by atoms with Crippen LogP contribution in [0, 0.1) is 20.8 Å². The molecule has 1 fully saturated rings. The van der Waals surface area contributed by atoms with Crippen LogP contribution in [0.1, 0.15) is 52.1 Å². The third-order valence-corrected chi connectivity index (χ3v) is 5.64. The number of ketones is 1. The molecule has 1 saturated carbocycles. The second-order valence-electron chi connectivity index (χ2n) is 7.16. The topological polar surface area (TPSA) is 70.2 Å². The van der Waals surface area contributed by atoms with Crippen molar-refractivity contribution in [2.24, 2.45) is 0 Å². The molecular weight excluding hydrogens is 374 g/mol. The molecule has 7 heteroatoms. The highest BCUT2D eigenvalue weighted by Crippen LogP contribution is 2.38. The van der Waals surface area contributed by atoms with Gasteiger partial charge in [-0.2, -0.15) is 0 Å². The molecule has 0 atom stereocenters. The average Bonchev–Trinajstić information content (AvgIpc) is 3.31. The number of ether oxygens (including phenoxy) is 1. The number of nitrogens with zero attached hydrogens (tertiary/aromatic N) is 3. The van der Waals surface area contributed by atoms with E-state index in [2.05, 4.69) is 21.7 Å². The maximum Gasteiger partial charge on any atom is 0.277 e. The van der Waals surface area contributed by atoms with Gasteiger partial charge in [-0.15, -0.1) is 10.2 Å². The van der Waals surface area contributed by atoms with E-state index in [1.165, 1.54) is 24.6 Å². The summed E-state index contributed by atoms with van der Waals surface area (Å²) in [6.45, 7) is 6.30. The normalized spacial score (nSPS) is 13.7. The van der Waals surface area contributed by atoms with Crippen LogP contribution in [-0.2, 0) is 6.61 Å². The summed E-state index contributed by atoms with van der Waals surface area (Å²) in [7, 11) is 0. The number of thioether (sulfide) groups is 1. The van der Waals surface area contributed by atoms with Crippen molar-refractivity contribution in [2.75, 3.05) is 5.75 Å². The van der Waals surface area contributed by atoms with Crippen molar-refractivity contribution < 1.29 is 13.9 Å². The second kappa shape index (κ2) is 7.83. The molecule has 0 amide bonds. The Morgan fingerprint density at radius 3 is 2.82 bits per heavy atom. The smallest absolute Gasteiger partial charge is 0.277 e. The molecule has 4 rings (SSSR count). The van der Waals surface area contributed by atoms with Crippen LogP contribution in [-0.4, -0.2) is 26.3 Å². The number of Topliss-reactive ketones (excluding diaryl/α,β-unsaturated/α-hetero) is 1. The predicted octanol–water partition coefficient (Wildman–Crippen LogP) is 4.69. The van der Waals surface area contributed by atoms with Gasteiger partial charge in [-0.3, -0.25) is 4.79 Å². The van der Waals surface area contributed by atoms with E-state index in [4.69, 9.17) is 9.15 Å². The first-order chi connectivity index (χ1) is 13.5. The van der Waals surface area contributed by atoms with Crippen molar-refractivity contribution in [1.82, 2.24) is 14.8 Å². The number of aromatic nitrogens is 3. The predicted molar refractivity (Wildman–Crippen MR) is 107 cm³/mol. The molecule has 1 aliphatic rings. The minimum atomic E-state index is 0.0840. The number of carbonyl (C=O) groups is 1. The van der Waals surface area contributed by atoms with E-state index in [1.807, 2.05) is 44.2 Å². The second-order valence-corrected chi connectivity index (χ2v) is 8.09. The molecule has 0 radical (unpaired) electrons. The van der Waals surface area contributed by atoms with Crippen molar-refractivity contribution in [3.63, 3.8) is 0 Å². The first kappa shape index (κ1) is 18.8. The number of benzene rings is 1. The van der Waals surface area contributed by atoms with E-state index in [9.17, 15) is 4.79 Å². The summed E-state index contributed by atoms with van der Waals surface area (Å²) in [6.07, 6.45) is 2.41. The third-order valence-electron chi connectivity index (χ3n) is 4.82. The van der Waals surface area contributed by atoms with Crippen LogP contribution in [0.2, 0.25) is 0 Å². The zero-order valence-corrected chi connectivity index (χ0v) is 17.1. The molecule has 0 bridgehead atoms. The molecule has 3 aromatic rings. The van der Waals surface area contributed by atoms with Gasteiger partial charge < -0.3 is 13.7 Å². The van der Waals surface area contributed by atoms with E-state index >= 15 is 0 Å². The molecule has 6 nitrogen and oxygen atoms in total. The average molecular weight is 398 g/mol. The van der Waals surface area contributed by atoms with Gasteiger partial charge in [0.25, 0.3) is 11.1 Å². The van der Waals surface area contributed by atoms with E-state index in [0.717, 1.165) is 28.3 Å². The van der Waals surface area contributed by atoms with Crippen molar-refractivity contribution in [3.8, 4) is 5.75 Å². The molecule has 2 aromatic heterocycles. The van der Waals surface area contributed by atoms with Crippen LogP contribution in [0.15, 0.2) is 40.0 Å². The summed E-state index contributed by atoms with van der Waals surface area (Å²) < 4.78 is 13.5. The third kappa shape index (κ3) is 4.14. The largest absolute Gasteiger partial charge is 0.484 e. The van der Waals surface area contributed by atoms with Crippen LogP contribution in [0.4, 0.5) is 0 Å². The van der Waals surface area contributed by atoms with Crippen LogP contribution in [0.5, 0.6) is 5.75 Å². The summed E-state index contributed by atoms with van der Waals surface area (Å²) in [5, 5.41) is 8.38. The Hall–Kier alpha value is -2.54. The number of carbonyl (C=O) groups excluding carboxylic acids is 1. The highest BCUT2D eigenvalue weighted by atomic mass is 32.2. The fourth-order valence-corrected chi connectivity index (χ4v) is 4.03. The minimum absolute atomic E-state index is 0.0840. The Balaban J connectivity index is 1.33.